The molecule has 0 radical (unpaired) electrons. The van der Waals surface area contributed by atoms with E-state index >= 15 is 0 Å². The van der Waals surface area contributed by atoms with E-state index in [1.165, 1.54) is 135 Å². The number of ether oxygens (including phenoxy) is 2. The predicted octanol–water partition coefficient (Wildman–Crippen LogP) is 12.6. The van der Waals surface area contributed by atoms with Crippen LogP contribution in [0.2, 0.25) is 0 Å². The average Bonchev–Trinajstić information content (AvgIpc) is 3.20. The first kappa shape index (κ1) is 54.8. The Kier molecular flexibility index (Phi) is 43.2. The number of nitrogens with two attached hydrogens (primary N) is 1. The van der Waals surface area contributed by atoms with Gasteiger partial charge in [-0.3, -0.25) is 19.6 Å². The van der Waals surface area contributed by atoms with Gasteiger partial charge in [0.2, 0.25) is 0 Å². The van der Waals surface area contributed by atoms with Crippen LogP contribution in [0.5, 0.6) is 0 Å². The predicted molar refractivity (Wildman–Crippen MR) is 245 cm³/mol. The van der Waals surface area contributed by atoms with Crippen LogP contribution in [0.3, 0.4) is 0 Å². The van der Waals surface area contributed by atoms with Crippen molar-refractivity contribution in [2.24, 2.45) is 15.7 Å². The fraction of sp³-hybridized carbons (Fsp3) is 0.917. The molecule has 0 amide bonds. The Bertz CT molecular complexity index is 915. The number of rotatable bonds is 44. The zero-order chi connectivity index (χ0) is 41.7. The van der Waals surface area contributed by atoms with Crippen molar-refractivity contribution in [3.05, 3.63) is 0 Å². The second-order valence-electron chi connectivity index (χ2n) is 16.6. The van der Waals surface area contributed by atoms with Crippen molar-refractivity contribution in [3.8, 4) is 0 Å². The van der Waals surface area contributed by atoms with Gasteiger partial charge in [0.25, 0.3) is 0 Å². The highest BCUT2D eigenvalue weighted by Gasteiger charge is 2.14. The van der Waals surface area contributed by atoms with Crippen molar-refractivity contribution in [2.45, 2.75) is 245 Å². The zero-order valence-corrected chi connectivity index (χ0v) is 38.3. The largest absolute Gasteiger partial charge is 0.466 e. The van der Waals surface area contributed by atoms with Crippen molar-refractivity contribution in [3.63, 3.8) is 0 Å². The molecule has 9 heteroatoms. The topological polar surface area (TPSA) is 119 Å². The molecule has 0 aromatic heterocycles. The lowest BCUT2D eigenvalue weighted by Crippen LogP contribution is -2.31. The van der Waals surface area contributed by atoms with E-state index in [1.54, 1.807) is 13.4 Å². The Hall–Kier alpha value is -2.16. The van der Waals surface area contributed by atoms with E-state index in [2.05, 4.69) is 41.0 Å². The van der Waals surface area contributed by atoms with Gasteiger partial charge in [0.15, 0.2) is 5.96 Å². The summed E-state index contributed by atoms with van der Waals surface area (Å²) >= 11 is 0. The lowest BCUT2D eigenvalue weighted by Gasteiger charge is -2.22. The fourth-order valence-corrected chi connectivity index (χ4v) is 7.40. The normalized spacial score (nSPS) is 12.0. The molecule has 0 unspecified atom stereocenters. The van der Waals surface area contributed by atoms with E-state index in [-0.39, 0.29) is 18.0 Å². The van der Waals surface area contributed by atoms with E-state index in [0.717, 1.165) is 90.3 Å². The van der Waals surface area contributed by atoms with Crippen LogP contribution in [-0.2, 0) is 19.1 Å². The van der Waals surface area contributed by atoms with Gasteiger partial charge in [0.1, 0.15) is 6.10 Å². The van der Waals surface area contributed by atoms with Crippen molar-refractivity contribution < 1.29 is 19.1 Å². The molecule has 3 N–H and O–H groups in total. The number of unbranched alkanes of at least 4 members (excludes halogenated alkanes) is 24. The van der Waals surface area contributed by atoms with Crippen LogP contribution in [0.25, 0.3) is 0 Å². The third kappa shape index (κ3) is 41.8. The standard InChI is InChI=1S/C48H95N5O4/c1-5-8-11-14-17-26-33-43-56-46(54)37-29-22-18-24-31-40-53(42-34-39-51-48(49)52-44-50-4)41-32-25-19-23-30-38-47(55)57-45(35-27-20-15-12-9-6-2)36-28-21-16-13-10-7-3/h44-45H,5-43H2,1-4H3,(H3,49,50,51,52). The van der Waals surface area contributed by atoms with Crippen LogP contribution in [0.1, 0.15) is 239 Å². The molecule has 0 atom stereocenters. The lowest BCUT2D eigenvalue weighted by molar-refractivity contribution is -0.150. The van der Waals surface area contributed by atoms with Gasteiger partial charge in [-0.25, -0.2) is 0 Å². The lowest BCUT2D eigenvalue weighted by atomic mass is 10.0. The number of nitrogens with one attached hydrogen (secondary N) is 1. The summed E-state index contributed by atoms with van der Waals surface area (Å²) < 4.78 is 11.5. The Morgan fingerprint density at radius 2 is 0.982 bits per heavy atom. The Morgan fingerprint density at radius 3 is 1.49 bits per heavy atom. The Morgan fingerprint density at radius 1 is 0.561 bits per heavy atom. The molecule has 0 saturated heterocycles. The molecule has 0 aromatic rings. The zero-order valence-electron chi connectivity index (χ0n) is 38.3. The van der Waals surface area contributed by atoms with E-state index in [0.29, 0.717) is 32.0 Å². The number of carbonyl (C=O) groups excluding carboxylic acids is 2. The highest BCUT2D eigenvalue weighted by Crippen LogP contribution is 2.19. The van der Waals surface area contributed by atoms with Crippen LogP contribution in [-0.4, -0.2) is 75.1 Å². The maximum absolute atomic E-state index is 12.8. The summed E-state index contributed by atoms with van der Waals surface area (Å²) in [4.78, 5) is 35.8. The number of hydrogen-bond donors (Lipinski definition) is 2. The second kappa shape index (κ2) is 44.9. The monoisotopic (exact) mass is 806 g/mol. The first-order valence-corrected chi connectivity index (χ1v) is 24.5. The highest BCUT2D eigenvalue weighted by atomic mass is 16.5. The molecule has 0 rings (SSSR count). The first-order chi connectivity index (χ1) is 28.0. The SMILES string of the molecule is CCCCCCCCCOC(=O)CCCCCCCN(CCCCCCCC(=O)OC(CCCCCCCC)CCCCCCCC)CCCN=C(N)NC=NC. The minimum Gasteiger partial charge on any atom is -0.466 e. The molecule has 9 nitrogen and oxygen atoms in total. The average molecular weight is 806 g/mol. The number of guanidine groups is 1. The van der Waals surface area contributed by atoms with Gasteiger partial charge in [0.05, 0.1) is 12.9 Å². The molecule has 0 aliphatic heterocycles. The molecule has 0 heterocycles. The molecule has 336 valence electrons. The third-order valence-electron chi connectivity index (χ3n) is 11.0. The highest BCUT2D eigenvalue weighted by molar-refractivity contribution is 5.88. The van der Waals surface area contributed by atoms with E-state index in [1.807, 2.05) is 0 Å². The molecular weight excluding hydrogens is 711 g/mol. The van der Waals surface area contributed by atoms with Gasteiger partial charge < -0.3 is 25.4 Å². The Balaban J connectivity index is 4.42. The molecule has 0 aliphatic carbocycles. The van der Waals surface area contributed by atoms with Crippen LogP contribution in [0.4, 0.5) is 0 Å². The van der Waals surface area contributed by atoms with Gasteiger partial charge in [0, 0.05) is 26.4 Å². The smallest absolute Gasteiger partial charge is 0.306 e. The summed E-state index contributed by atoms with van der Waals surface area (Å²) in [6.07, 6.45) is 40.9. The van der Waals surface area contributed by atoms with E-state index in [4.69, 9.17) is 15.2 Å². The van der Waals surface area contributed by atoms with Crippen molar-refractivity contribution in [2.75, 3.05) is 39.8 Å². The molecule has 0 aromatic carbocycles. The van der Waals surface area contributed by atoms with E-state index < -0.39 is 0 Å². The van der Waals surface area contributed by atoms with Crippen LogP contribution in [0.15, 0.2) is 9.98 Å². The van der Waals surface area contributed by atoms with Crippen molar-refractivity contribution in [1.82, 2.24) is 10.2 Å². The minimum atomic E-state index is -0.0289. The summed E-state index contributed by atoms with van der Waals surface area (Å²) in [7, 11) is 1.70. The van der Waals surface area contributed by atoms with Gasteiger partial charge in [-0.1, -0.05) is 162 Å². The number of aliphatic imine (C=N–C) groups is 2. The van der Waals surface area contributed by atoms with Crippen molar-refractivity contribution >= 4 is 24.2 Å². The Labute approximate surface area is 353 Å². The molecule has 0 bridgehead atoms. The molecule has 0 spiro atoms. The van der Waals surface area contributed by atoms with Gasteiger partial charge >= 0.3 is 11.9 Å². The third-order valence-corrected chi connectivity index (χ3v) is 11.0. The number of esters is 2. The quantitative estimate of drug-likeness (QED) is 0.0272. The maximum atomic E-state index is 12.8. The summed E-state index contributed by atoms with van der Waals surface area (Å²) in [6.45, 7) is 11.2. The first-order valence-electron chi connectivity index (χ1n) is 24.5. The maximum Gasteiger partial charge on any atom is 0.306 e. The van der Waals surface area contributed by atoms with Crippen LogP contribution >= 0.6 is 0 Å². The number of nitrogens with zero attached hydrogens (tertiary/aromatic N) is 3. The summed E-state index contributed by atoms with van der Waals surface area (Å²) in [5.41, 5.74) is 5.92. The van der Waals surface area contributed by atoms with Crippen LogP contribution in [0, 0.1) is 0 Å². The number of hydrogen-bond acceptors (Lipinski definition) is 7. The molecule has 0 fully saturated rings. The summed E-state index contributed by atoms with van der Waals surface area (Å²) in [5, 5.41) is 2.88. The van der Waals surface area contributed by atoms with Gasteiger partial charge in [-0.05, 0) is 83.8 Å². The van der Waals surface area contributed by atoms with Crippen LogP contribution < -0.4 is 11.1 Å². The minimum absolute atomic E-state index is 0.0161. The molecular formula is C48H95N5O4. The summed E-state index contributed by atoms with van der Waals surface area (Å²) in [5.74, 6) is 0.394. The van der Waals surface area contributed by atoms with Gasteiger partial charge in [-0.2, -0.15) is 0 Å². The van der Waals surface area contributed by atoms with Gasteiger partial charge in [-0.15, -0.1) is 0 Å². The molecule has 0 aliphatic rings. The van der Waals surface area contributed by atoms with Crippen molar-refractivity contribution in [1.29, 1.82) is 0 Å². The molecule has 0 saturated carbocycles. The molecule has 57 heavy (non-hydrogen) atoms. The number of carbonyl (C=O) groups is 2. The van der Waals surface area contributed by atoms with E-state index in [9.17, 15) is 9.59 Å². The summed E-state index contributed by atoms with van der Waals surface area (Å²) in [6, 6.07) is 0. The fourth-order valence-electron chi connectivity index (χ4n) is 7.40. The second-order valence-corrected chi connectivity index (χ2v) is 16.6.